The van der Waals surface area contributed by atoms with Gasteiger partial charge < -0.3 is 5.32 Å². The van der Waals surface area contributed by atoms with Crippen molar-refractivity contribution in [2.45, 2.75) is 31.7 Å². The van der Waals surface area contributed by atoms with Crippen molar-refractivity contribution >= 4 is 33.8 Å². The van der Waals surface area contributed by atoms with Gasteiger partial charge in [0.05, 0.1) is 16.5 Å². The third kappa shape index (κ3) is 3.08. The van der Waals surface area contributed by atoms with Crippen LogP contribution in [-0.2, 0) is 0 Å². The summed E-state index contributed by atoms with van der Waals surface area (Å²) in [5.41, 5.74) is 0.746. The van der Waals surface area contributed by atoms with Gasteiger partial charge in [-0.15, -0.1) is 11.3 Å². The molecule has 0 unspecified atom stereocenters. The summed E-state index contributed by atoms with van der Waals surface area (Å²) in [7, 11) is 0. The summed E-state index contributed by atoms with van der Waals surface area (Å²) in [6.07, 6.45) is 4.55. The molecule has 2 N–H and O–H groups in total. The van der Waals surface area contributed by atoms with E-state index in [-0.39, 0.29) is 23.3 Å². The SMILES string of the molecule is O=C(N[C@@H](c1cccs1)C1CCCC1)c1n[nH]c2ccc([N+](=O)[O-])cc12. The quantitative estimate of drug-likeness (QED) is 0.519. The first-order valence-electron chi connectivity index (χ1n) is 8.60. The molecular formula is C18H18N4O3S. The Labute approximate surface area is 153 Å². The molecule has 1 aliphatic carbocycles. The van der Waals surface area contributed by atoms with Crippen LogP contribution in [-0.4, -0.2) is 21.0 Å². The summed E-state index contributed by atoms with van der Waals surface area (Å²) in [4.78, 5) is 24.6. The van der Waals surface area contributed by atoms with Gasteiger partial charge in [-0.2, -0.15) is 5.10 Å². The Balaban J connectivity index is 1.65. The number of thiophene rings is 1. The van der Waals surface area contributed by atoms with Crippen LogP contribution in [0.3, 0.4) is 0 Å². The molecule has 3 aromatic rings. The van der Waals surface area contributed by atoms with E-state index in [9.17, 15) is 14.9 Å². The van der Waals surface area contributed by atoms with Gasteiger partial charge in [-0.05, 0) is 36.3 Å². The number of rotatable bonds is 5. The number of carbonyl (C=O) groups excluding carboxylic acids is 1. The van der Waals surface area contributed by atoms with Crippen molar-refractivity contribution in [3.8, 4) is 0 Å². The third-order valence-corrected chi connectivity index (χ3v) is 5.94. The minimum Gasteiger partial charge on any atom is -0.343 e. The predicted octanol–water partition coefficient (Wildman–Crippen LogP) is 4.19. The number of benzene rings is 1. The standard InChI is InChI=1S/C18H18N4O3S/c23-18(17-13-10-12(22(24)25)7-8-14(13)20-21-17)19-16(11-4-1-2-5-11)15-6-3-9-26-15/h3,6-11,16H,1-2,4-5H2,(H,19,23)(H,20,21)/t16-/m1/s1. The summed E-state index contributed by atoms with van der Waals surface area (Å²) >= 11 is 1.63. The van der Waals surface area contributed by atoms with Crippen LogP contribution < -0.4 is 5.32 Å². The Morgan fingerprint density at radius 1 is 1.35 bits per heavy atom. The lowest BCUT2D eigenvalue weighted by Crippen LogP contribution is -2.32. The molecule has 2 aromatic heterocycles. The molecule has 0 spiro atoms. The molecule has 4 rings (SSSR count). The number of nitro benzene ring substituents is 1. The molecule has 1 aliphatic rings. The Morgan fingerprint density at radius 2 is 2.15 bits per heavy atom. The zero-order chi connectivity index (χ0) is 18.1. The Bertz CT molecular complexity index is 945. The molecule has 0 aliphatic heterocycles. The highest BCUT2D eigenvalue weighted by Gasteiger charge is 2.30. The van der Waals surface area contributed by atoms with Crippen molar-refractivity contribution in [3.63, 3.8) is 0 Å². The lowest BCUT2D eigenvalue weighted by molar-refractivity contribution is -0.384. The van der Waals surface area contributed by atoms with Gasteiger partial charge in [0.2, 0.25) is 0 Å². The highest BCUT2D eigenvalue weighted by Crippen LogP contribution is 2.37. The van der Waals surface area contributed by atoms with Gasteiger partial charge in [-0.3, -0.25) is 20.0 Å². The first kappa shape index (κ1) is 16.7. The number of fused-ring (bicyclic) bond motifs is 1. The number of non-ortho nitro benzene ring substituents is 1. The Morgan fingerprint density at radius 3 is 2.85 bits per heavy atom. The first-order chi connectivity index (χ1) is 12.6. The molecule has 8 heteroatoms. The third-order valence-electron chi connectivity index (χ3n) is 4.98. The van der Waals surface area contributed by atoms with Crippen LogP contribution in [0.5, 0.6) is 0 Å². The number of hydrogen-bond acceptors (Lipinski definition) is 5. The normalized spacial score (nSPS) is 16.0. The van der Waals surface area contributed by atoms with Crippen molar-refractivity contribution in [2.24, 2.45) is 5.92 Å². The van der Waals surface area contributed by atoms with Crippen molar-refractivity contribution < 1.29 is 9.72 Å². The number of amides is 1. The van der Waals surface area contributed by atoms with Crippen molar-refractivity contribution in [1.82, 2.24) is 15.5 Å². The predicted molar refractivity (Wildman–Crippen MR) is 99.2 cm³/mol. The number of nitrogens with one attached hydrogen (secondary N) is 2. The fraction of sp³-hybridized carbons (Fsp3) is 0.333. The number of aromatic nitrogens is 2. The van der Waals surface area contributed by atoms with E-state index in [0.29, 0.717) is 16.8 Å². The lowest BCUT2D eigenvalue weighted by Gasteiger charge is -2.23. The molecular weight excluding hydrogens is 352 g/mol. The maximum absolute atomic E-state index is 12.9. The van der Waals surface area contributed by atoms with E-state index in [0.717, 1.165) is 17.7 Å². The highest BCUT2D eigenvalue weighted by atomic mass is 32.1. The molecule has 0 saturated heterocycles. The van der Waals surface area contributed by atoms with Gasteiger partial charge in [-0.25, -0.2) is 0 Å². The molecule has 1 aromatic carbocycles. The van der Waals surface area contributed by atoms with E-state index in [4.69, 9.17) is 0 Å². The fourth-order valence-electron chi connectivity index (χ4n) is 3.68. The van der Waals surface area contributed by atoms with Crippen LogP contribution in [0.25, 0.3) is 10.9 Å². The molecule has 0 radical (unpaired) electrons. The van der Waals surface area contributed by atoms with Gasteiger partial charge in [-0.1, -0.05) is 18.9 Å². The Kier molecular flexibility index (Phi) is 4.42. The van der Waals surface area contributed by atoms with Gasteiger partial charge in [0.1, 0.15) is 0 Å². The minimum atomic E-state index is -0.471. The van der Waals surface area contributed by atoms with Gasteiger partial charge in [0, 0.05) is 22.4 Å². The molecule has 2 heterocycles. The van der Waals surface area contributed by atoms with Crippen molar-refractivity contribution in [1.29, 1.82) is 0 Å². The molecule has 1 atom stereocenters. The van der Waals surface area contributed by atoms with Crippen LogP contribution in [0.1, 0.15) is 47.1 Å². The molecule has 1 saturated carbocycles. The average molecular weight is 370 g/mol. The topological polar surface area (TPSA) is 101 Å². The van der Waals surface area contributed by atoms with Crippen LogP contribution >= 0.6 is 11.3 Å². The zero-order valence-electron chi connectivity index (χ0n) is 14.0. The van der Waals surface area contributed by atoms with Crippen LogP contribution in [0.2, 0.25) is 0 Å². The zero-order valence-corrected chi connectivity index (χ0v) is 14.8. The van der Waals surface area contributed by atoms with E-state index in [2.05, 4.69) is 15.5 Å². The second-order valence-electron chi connectivity index (χ2n) is 6.57. The van der Waals surface area contributed by atoms with Crippen molar-refractivity contribution in [2.75, 3.05) is 0 Å². The molecule has 1 fully saturated rings. The number of nitro groups is 1. The lowest BCUT2D eigenvalue weighted by atomic mass is 9.96. The number of aromatic amines is 1. The number of nitrogens with zero attached hydrogens (tertiary/aromatic N) is 2. The fourth-order valence-corrected chi connectivity index (χ4v) is 4.55. The molecule has 1 amide bonds. The molecule has 134 valence electrons. The molecule has 0 bridgehead atoms. The summed E-state index contributed by atoms with van der Waals surface area (Å²) in [6.45, 7) is 0. The first-order valence-corrected chi connectivity index (χ1v) is 9.48. The van der Waals surface area contributed by atoms with Gasteiger partial charge in [0.25, 0.3) is 11.6 Å². The second kappa shape index (κ2) is 6.87. The van der Waals surface area contributed by atoms with Gasteiger partial charge >= 0.3 is 0 Å². The second-order valence-corrected chi connectivity index (χ2v) is 7.55. The summed E-state index contributed by atoms with van der Waals surface area (Å²) < 4.78 is 0. The van der Waals surface area contributed by atoms with E-state index in [1.54, 1.807) is 17.4 Å². The highest BCUT2D eigenvalue weighted by molar-refractivity contribution is 7.10. The molecule has 26 heavy (non-hydrogen) atoms. The monoisotopic (exact) mass is 370 g/mol. The smallest absolute Gasteiger partial charge is 0.272 e. The van der Waals surface area contributed by atoms with E-state index >= 15 is 0 Å². The van der Waals surface area contributed by atoms with Crippen LogP contribution in [0.4, 0.5) is 5.69 Å². The summed E-state index contributed by atoms with van der Waals surface area (Å²) in [5.74, 6) is 0.110. The number of H-pyrrole nitrogens is 1. The summed E-state index contributed by atoms with van der Waals surface area (Å²) in [6, 6.07) is 8.35. The maximum Gasteiger partial charge on any atom is 0.272 e. The minimum absolute atomic E-state index is 0.0459. The summed E-state index contributed by atoms with van der Waals surface area (Å²) in [5, 5.41) is 23.5. The Hall–Kier alpha value is -2.74. The van der Waals surface area contributed by atoms with Crippen LogP contribution in [0, 0.1) is 16.0 Å². The van der Waals surface area contributed by atoms with Crippen molar-refractivity contribution in [3.05, 3.63) is 56.4 Å². The number of carbonyl (C=O) groups is 1. The maximum atomic E-state index is 12.9. The number of hydrogen-bond donors (Lipinski definition) is 2. The molecule has 7 nitrogen and oxygen atoms in total. The average Bonchev–Trinajstić information content (AvgIpc) is 3.40. The van der Waals surface area contributed by atoms with E-state index in [1.165, 1.54) is 25.0 Å². The van der Waals surface area contributed by atoms with E-state index in [1.807, 2.05) is 17.5 Å². The van der Waals surface area contributed by atoms with Crippen LogP contribution in [0.15, 0.2) is 35.7 Å². The van der Waals surface area contributed by atoms with E-state index < -0.39 is 4.92 Å². The van der Waals surface area contributed by atoms with Gasteiger partial charge in [0.15, 0.2) is 5.69 Å². The largest absolute Gasteiger partial charge is 0.343 e.